The molecular formula is C20H22N4O2. The van der Waals surface area contributed by atoms with Gasteiger partial charge in [-0.2, -0.15) is 5.10 Å². The molecule has 0 saturated carbocycles. The first-order chi connectivity index (χ1) is 12.8. The summed E-state index contributed by atoms with van der Waals surface area (Å²) >= 11 is 0. The van der Waals surface area contributed by atoms with Crippen molar-refractivity contribution in [2.75, 3.05) is 0 Å². The Morgan fingerprint density at radius 1 is 1.19 bits per heavy atom. The maximum absolute atomic E-state index is 13.1. The zero-order valence-corrected chi connectivity index (χ0v) is 14.7. The molecule has 4 rings (SSSR count). The Balaban J connectivity index is 1.52. The number of aryl methyl sites for hydroxylation is 1. The van der Waals surface area contributed by atoms with Crippen molar-refractivity contribution in [2.24, 2.45) is 0 Å². The molecule has 0 aliphatic carbocycles. The van der Waals surface area contributed by atoms with Crippen LogP contribution in [0.1, 0.15) is 35.4 Å². The van der Waals surface area contributed by atoms with E-state index in [9.17, 15) is 4.79 Å². The second-order valence-corrected chi connectivity index (χ2v) is 6.66. The predicted molar refractivity (Wildman–Crippen MR) is 96.1 cm³/mol. The van der Waals surface area contributed by atoms with Gasteiger partial charge in [0, 0.05) is 36.7 Å². The van der Waals surface area contributed by atoms with Gasteiger partial charge >= 0.3 is 0 Å². The molecule has 0 N–H and O–H groups in total. The van der Waals surface area contributed by atoms with Crippen LogP contribution in [-0.4, -0.2) is 25.6 Å². The zero-order chi connectivity index (χ0) is 17.8. The largest absolute Gasteiger partial charge is 0.467 e. The molecule has 0 radical (unpaired) electrons. The lowest BCUT2D eigenvalue weighted by Crippen LogP contribution is -2.31. The van der Waals surface area contributed by atoms with Crippen LogP contribution >= 0.6 is 0 Å². The molecule has 1 aliphatic heterocycles. The predicted octanol–water partition coefficient (Wildman–Crippen LogP) is 2.98. The summed E-state index contributed by atoms with van der Waals surface area (Å²) in [6.07, 6.45) is 10.7. The summed E-state index contributed by atoms with van der Waals surface area (Å²) in [7, 11) is 0. The first-order valence-corrected chi connectivity index (χ1v) is 9.02. The molecule has 0 spiro atoms. The van der Waals surface area contributed by atoms with Gasteiger partial charge in [-0.3, -0.25) is 14.5 Å². The third-order valence-corrected chi connectivity index (χ3v) is 4.79. The molecule has 3 aromatic heterocycles. The minimum absolute atomic E-state index is 0.0756. The summed E-state index contributed by atoms with van der Waals surface area (Å²) in [5, 5.41) is 4.45. The van der Waals surface area contributed by atoms with Gasteiger partial charge in [-0.15, -0.1) is 0 Å². The number of hydrogen-bond donors (Lipinski definition) is 0. The molecule has 0 aromatic carbocycles. The number of nitrogens with zero attached hydrogens (tertiary/aromatic N) is 4. The summed E-state index contributed by atoms with van der Waals surface area (Å²) in [6, 6.07) is 7.61. The fourth-order valence-corrected chi connectivity index (χ4v) is 3.44. The Morgan fingerprint density at radius 2 is 2.15 bits per heavy atom. The highest BCUT2D eigenvalue weighted by molar-refractivity contribution is 5.79. The first kappa shape index (κ1) is 16.6. The van der Waals surface area contributed by atoms with E-state index in [2.05, 4.69) is 10.1 Å². The van der Waals surface area contributed by atoms with Crippen LogP contribution in [0.4, 0.5) is 0 Å². The normalized spacial score (nSPS) is 13.4. The Kier molecular flexibility index (Phi) is 4.82. The number of rotatable bonds is 6. The lowest BCUT2D eigenvalue weighted by atomic mass is 10.0. The Hall–Kier alpha value is -2.89. The summed E-state index contributed by atoms with van der Waals surface area (Å²) < 4.78 is 7.50. The van der Waals surface area contributed by atoms with Crippen molar-refractivity contribution in [3.05, 3.63) is 71.7 Å². The number of pyridine rings is 1. The molecule has 4 heterocycles. The minimum Gasteiger partial charge on any atom is -0.467 e. The van der Waals surface area contributed by atoms with Crippen LogP contribution in [0.5, 0.6) is 0 Å². The average molecular weight is 350 g/mol. The molecule has 0 saturated heterocycles. The molecule has 26 heavy (non-hydrogen) atoms. The van der Waals surface area contributed by atoms with Gasteiger partial charge in [-0.25, -0.2) is 0 Å². The molecule has 6 nitrogen and oxygen atoms in total. The molecule has 134 valence electrons. The number of amides is 1. The van der Waals surface area contributed by atoms with Crippen molar-refractivity contribution in [1.82, 2.24) is 19.7 Å². The van der Waals surface area contributed by atoms with Crippen LogP contribution in [0, 0.1) is 0 Å². The number of carbonyl (C=O) groups excluding carboxylic acids is 1. The molecule has 1 aliphatic rings. The summed E-state index contributed by atoms with van der Waals surface area (Å²) in [5.74, 6) is 0.853. The SMILES string of the molecule is O=C(Cc1cnn2c1CCCC2)N(Cc1cccnc1)Cc1ccco1. The van der Waals surface area contributed by atoms with Crippen molar-refractivity contribution >= 4 is 5.91 Å². The lowest BCUT2D eigenvalue weighted by Gasteiger charge is -2.22. The van der Waals surface area contributed by atoms with Crippen molar-refractivity contribution in [1.29, 1.82) is 0 Å². The van der Waals surface area contributed by atoms with Crippen LogP contribution < -0.4 is 0 Å². The van der Waals surface area contributed by atoms with Crippen LogP contribution in [0.3, 0.4) is 0 Å². The van der Waals surface area contributed by atoms with Gasteiger partial charge in [0.2, 0.25) is 5.91 Å². The van der Waals surface area contributed by atoms with E-state index in [1.165, 1.54) is 12.1 Å². The standard InChI is InChI=1S/C20H22N4O2/c25-20(11-17-13-22-24-9-2-1-7-19(17)24)23(15-18-6-4-10-26-18)14-16-5-3-8-21-12-16/h3-6,8,10,12-13H,1-2,7,9,11,14-15H2. The van der Waals surface area contributed by atoms with Crippen LogP contribution in [0.25, 0.3) is 0 Å². The molecular weight excluding hydrogens is 328 g/mol. The van der Waals surface area contributed by atoms with Gasteiger partial charge in [0.25, 0.3) is 0 Å². The van der Waals surface area contributed by atoms with Crippen molar-refractivity contribution in [3.8, 4) is 0 Å². The molecule has 0 unspecified atom stereocenters. The smallest absolute Gasteiger partial charge is 0.227 e. The molecule has 0 fully saturated rings. The summed E-state index contributed by atoms with van der Waals surface area (Å²) in [4.78, 5) is 19.0. The van der Waals surface area contributed by atoms with E-state index in [1.807, 2.05) is 40.0 Å². The van der Waals surface area contributed by atoms with Crippen LogP contribution in [0.2, 0.25) is 0 Å². The Bertz CT molecular complexity index is 855. The van der Waals surface area contributed by atoms with E-state index in [-0.39, 0.29) is 5.91 Å². The van der Waals surface area contributed by atoms with Gasteiger partial charge < -0.3 is 9.32 Å². The van der Waals surface area contributed by atoms with Crippen molar-refractivity contribution < 1.29 is 9.21 Å². The summed E-state index contributed by atoms with van der Waals surface area (Å²) in [6.45, 7) is 1.91. The maximum Gasteiger partial charge on any atom is 0.227 e. The van der Waals surface area contributed by atoms with E-state index in [0.29, 0.717) is 19.5 Å². The Labute approximate surface area is 152 Å². The van der Waals surface area contributed by atoms with E-state index < -0.39 is 0 Å². The number of fused-ring (bicyclic) bond motifs is 1. The second-order valence-electron chi connectivity index (χ2n) is 6.66. The minimum atomic E-state index is 0.0756. The van der Waals surface area contributed by atoms with Crippen molar-refractivity contribution in [2.45, 2.75) is 45.3 Å². The van der Waals surface area contributed by atoms with Gasteiger partial charge in [0.15, 0.2) is 0 Å². The molecule has 0 atom stereocenters. The third kappa shape index (κ3) is 3.69. The number of aromatic nitrogens is 3. The summed E-state index contributed by atoms with van der Waals surface area (Å²) in [5.41, 5.74) is 3.26. The number of furan rings is 1. The van der Waals surface area contributed by atoms with Gasteiger partial charge in [-0.05, 0) is 43.0 Å². The van der Waals surface area contributed by atoms with E-state index in [4.69, 9.17) is 4.42 Å². The lowest BCUT2D eigenvalue weighted by molar-refractivity contribution is -0.132. The monoisotopic (exact) mass is 350 g/mol. The van der Waals surface area contributed by atoms with Gasteiger partial charge in [0.05, 0.1) is 25.4 Å². The van der Waals surface area contributed by atoms with E-state index >= 15 is 0 Å². The highest BCUT2D eigenvalue weighted by Crippen LogP contribution is 2.20. The molecule has 1 amide bonds. The fourth-order valence-electron chi connectivity index (χ4n) is 3.44. The van der Waals surface area contributed by atoms with Crippen LogP contribution in [-0.2, 0) is 37.3 Å². The Morgan fingerprint density at radius 3 is 2.96 bits per heavy atom. The van der Waals surface area contributed by atoms with Crippen LogP contribution in [0.15, 0.2) is 53.5 Å². The fraction of sp³-hybridized carbons (Fsp3) is 0.350. The molecule has 3 aromatic rings. The number of carbonyl (C=O) groups is 1. The maximum atomic E-state index is 13.1. The van der Waals surface area contributed by atoms with Gasteiger partial charge in [-0.1, -0.05) is 6.07 Å². The molecule has 0 bridgehead atoms. The zero-order valence-electron chi connectivity index (χ0n) is 14.7. The first-order valence-electron chi connectivity index (χ1n) is 9.02. The average Bonchev–Trinajstić information content (AvgIpc) is 3.32. The highest BCUT2D eigenvalue weighted by atomic mass is 16.3. The highest BCUT2D eigenvalue weighted by Gasteiger charge is 2.21. The second kappa shape index (κ2) is 7.56. The van der Waals surface area contributed by atoms with E-state index in [0.717, 1.165) is 36.3 Å². The van der Waals surface area contributed by atoms with Crippen molar-refractivity contribution in [3.63, 3.8) is 0 Å². The third-order valence-electron chi connectivity index (χ3n) is 4.79. The van der Waals surface area contributed by atoms with E-state index in [1.54, 1.807) is 18.7 Å². The van der Waals surface area contributed by atoms with Gasteiger partial charge in [0.1, 0.15) is 5.76 Å². The quantitative estimate of drug-likeness (QED) is 0.686. The number of hydrogen-bond acceptors (Lipinski definition) is 4. The molecule has 6 heteroatoms. The topological polar surface area (TPSA) is 64.2 Å².